The lowest BCUT2D eigenvalue weighted by molar-refractivity contribution is 0.0125. The fraction of sp³-hybridized carbons (Fsp3) is 0.600. The summed E-state index contributed by atoms with van der Waals surface area (Å²) in [7, 11) is 0. The van der Waals surface area contributed by atoms with Crippen LogP contribution in [-0.2, 0) is 18.4 Å². The molecule has 5 heteroatoms. The summed E-state index contributed by atoms with van der Waals surface area (Å²) in [5.41, 5.74) is 1.25. The minimum atomic E-state index is 0.567. The van der Waals surface area contributed by atoms with E-state index in [0.717, 1.165) is 11.5 Å². The molecule has 0 saturated carbocycles. The van der Waals surface area contributed by atoms with Crippen LogP contribution < -0.4 is 0 Å². The van der Waals surface area contributed by atoms with Crippen molar-refractivity contribution in [3.8, 4) is 0 Å². The molecule has 20 heavy (non-hydrogen) atoms. The summed E-state index contributed by atoms with van der Waals surface area (Å²) >= 11 is 1.38. The van der Waals surface area contributed by atoms with E-state index >= 15 is 0 Å². The lowest BCUT2D eigenvalue weighted by Gasteiger charge is -2.06. The average Bonchev–Trinajstić information content (AvgIpc) is 2.47. The normalized spacial score (nSPS) is 10.9. The van der Waals surface area contributed by atoms with Gasteiger partial charge < -0.3 is 18.4 Å². The Balaban J connectivity index is 1.84. The Bertz CT molecular complexity index is 329. The zero-order chi connectivity index (χ0) is 14.5. The number of hydrogen-bond donors (Lipinski definition) is 0. The molecule has 0 unspecified atom stereocenters. The quantitative estimate of drug-likeness (QED) is 0.438. The molecule has 0 heterocycles. The summed E-state index contributed by atoms with van der Waals surface area (Å²) < 4.78 is 21.3. The molecule has 0 radical (unpaired) electrons. The van der Waals surface area contributed by atoms with Crippen molar-refractivity contribution in [3.05, 3.63) is 29.8 Å². The topological polar surface area (TPSA) is 36.9 Å². The number of ether oxygens (including phenoxy) is 3. The molecule has 0 amide bonds. The highest BCUT2D eigenvalue weighted by atomic mass is 32.2. The van der Waals surface area contributed by atoms with Gasteiger partial charge in [-0.15, -0.1) is 0 Å². The zero-order valence-electron chi connectivity index (χ0n) is 12.3. The van der Waals surface area contributed by atoms with Gasteiger partial charge in [0.1, 0.15) is 0 Å². The Labute approximate surface area is 126 Å². The monoisotopic (exact) mass is 300 g/mol. The summed E-state index contributed by atoms with van der Waals surface area (Å²) in [5.74, 6) is 0. The summed E-state index contributed by atoms with van der Waals surface area (Å²) in [4.78, 5) is 1.11. The van der Waals surface area contributed by atoms with Crippen LogP contribution in [0.2, 0.25) is 0 Å². The zero-order valence-corrected chi connectivity index (χ0v) is 13.1. The number of hydrogen-bond acceptors (Lipinski definition) is 5. The Morgan fingerprint density at radius 2 is 1.35 bits per heavy atom. The molecule has 0 N–H and O–H groups in total. The van der Waals surface area contributed by atoms with Crippen LogP contribution in [0.4, 0.5) is 0 Å². The van der Waals surface area contributed by atoms with E-state index in [9.17, 15) is 0 Å². The van der Waals surface area contributed by atoms with Gasteiger partial charge in [-0.3, -0.25) is 0 Å². The van der Waals surface area contributed by atoms with Crippen LogP contribution in [0.25, 0.3) is 0 Å². The smallest absolute Gasteiger partial charge is 0.0852 e. The first kappa shape index (κ1) is 17.5. The molecule has 0 bridgehead atoms. The summed E-state index contributed by atoms with van der Waals surface area (Å²) in [6.45, 7) is 8.37. The van der Waals surface area contributed by atoms with Crippen LogP contribution in [0.5, 0.6) is 0 Å². The van der Waals surface area contributed by atoms with Crippen molar-refractivity contribution in [1.82, 2.24) is 0 Å². The number of rotatable bonds is 12. The van der Waals surface area contributed by atoms with Gasteiger partial charge in [0.05, 0.1) is 39.6 Å². The highest BCUT2D eigenvalue weighted by molar-refractivity contribution is 7.94. The predicted molar refractivity (Wildman–Crippen MR) is 81.1 cm³/mol. The van der Waals surface area contributed by atoms with Gasteiger partial charge in [0.15, 0.2) is 0 Å². The van der Waals surface area contributed by atoms with Crippen LogP contribution in [0.3, 0.4) is 0 Å². The van der Waals surface area contributed by atoms with Crippen molar-refractivity contribution in [2.24, 2.45) is 0 Å². The third-order valence-electron chi connectivity index (χ3n) is 2.44. The molecule has 0 fully saturated rings. The van der Waals surface area contributed by atoms with E-state index in [1.165, 1.54) is 17.6 Å². The van der Waals surface area contributed by atoms with Gasteiger partial charge in [-0.25, -0.2) is 0 Å². The van der Waals surface area contributed by atoms with E-state index in [1.54, 1.807) is 0 Å². The lowest BCUT2D eigenvalue weighted by atomic mass is 10.2. The SMILES string of the molecule is CCOCCOCCOCCOSc1ccc(C)cc1. The molecule has 0 aliphatic heterocycles. The fourth-order valence-corrected chi connectivity index (χ4v) is 1.92. The first-order chi connectivity index (χ1) is 9.83. The van der Waals surface area contributed by atoms with Crippen molar-refractivity contribution in [2.45, 2.75) is 18.7 Å². The standard InChI is InChI=1S/C15H24O4S/c1-3-16-8-9-17-10-11-18-12-13-19-20-15-6-4-14(2)5-7-15/h4-7H,3,8-13H2,1-2H3. The molecule has 0 aromatic heterocycles. The van der Waals surface area contributed by atoms with Crippen LogP contribution >= 0.6 is 12.0 Å². The summed E-state index contributed by atoms with van der Waals surface area (Å²) in [5, 5.41) is 0. The van der Waals surface area contributed by atoms with E-state index in [1.807, 2.05) is 19.1 Å². The maximum Gasteiger partial charge on any atom is 0.0852 e. The summed E-state index contributed by atoms with van der Waals surface area (Å²) in [6, 6.07) is 8.24. The second-order valence-corrected chi connectivity index (χ2v) is 5.01. The number of benzene rings is 1. The van der Waals surface area contributed by atoms with E-state index in [2.05, 4.69) is 19.1 Å². The van der Waals surface area contributed by atoms with Crippen LogP contribution in [0, 0.1) is 6.92 Å². The first-order valence-corrected chi connectivity index (χ1v) is 7.66. The van der Waals surface area contributed by atoms with Crippen LogP contribution in [0.15, 0.2) is 29.2 Å². The van der Waals surface area contributed by atoms with E-state index in [4.69, 9.17) is 18.4 Å². The van der Waals surface area contributed by atoms with Crippen molar-refractivity contribution < 1.29 is 18.4 Å². The van der Waals surface area contributed by atoms with Gasteiger partial charge in [-0.1, -0.05) is 17.7 Å². The Hall–Kier alpha value is -0.590. The molecule has 1 aromatic rings. The third-order valence-corrected chi connectivity index (χ3v) is 3.18. The average molecular weight is 300 g/mol. The van der Waals surface area contributed by atoms with Crippen molar-refractivity contribution >= 4 is 12.0 Å². The summed E-state index contributed by atoms with van der Waals surface area (Å²) in [6.07, 6.45) is 0. The third kappa shape index (κ3) is 9.34. The van der Waals surface area contributed by atoms with Crippen LogP contribution in [0.1, 0.15) is 12.5 Å². The number of aryl methyl sites for hydroxylation is 1. The maximum absolute atomic E-state index is 5.45. The molecule has 1 rings (SSSR count). The van der Waals surface area contributed by atoms with Gasteiger partial charge in [-0.2, -0.15) is 0 Å². The Morgan fingerprint density at radius 3 is 1.95 bits per heavy atom. The van der Waals surface area contributed by atoms with E-state index in [-0.39, 0.29) is 0 Å². The van der Waals surface area contributed by atoms with Gasteiger partial charge in [0.2, 0.25) is 0 Å². The fourth-order valence-electron chi connectivity index (χ4n) is 1.38. The van der Waals surface area contributed by atoms with Gasteiger partial charge in [-0.05, 0) is 26.0 Å². The van der Waals surface area contributed by atoms with Gasteiger partial charge >= 0.3 is 0 Å². The predicted octanol–water partition coefficient (Wildman–Crippen LogP) is 3.09. The van der Waals surface area contributed by atoms with Crippen molar-refractivity contribution in [3.63, 3.8) is 0 Å². The first-order valence-electron chi connectivity index (χ1n) is 6.92. The molecule has 0 atom stereocenters. The second-order valence-electron chi connectivity index (χ2n) is 4.14. The van der Waals surface area contributed by atoms with Gasteiger partial charge in [0, 0.05) is 23.5 Å². The van der Waals surface area contributed by atoms with E-state index < -0.39 is 0 Å². The molecule has 0 saturated heterocycles. The largest absolute Gasteiger partial charge is 0.379 e. The molecular weight excluding hydrogens is 276 g/mol. The van der Waals surface area contributed by atoms with E-state index in [0.29, 0.717) is 39.6 Å². The molecule has 0 aliphatic carbocycles. The van der Waals surface area contributed by atoms with Crippen molar-refractivity contribution in [2.75, 3.05) is 46.2 Å². The highest BCUT2D eigenvalue weighted by Gasteiger charge is 1.95. The Kier molecular flexibility index (Phi) is 10.6. The lowest BCUT2D eigenvalue weighted by Crippen LogP contribution is -2.11. The molecule has 1 aromatic carbocycles. The minimum Gasteiger partial charge on any atom is -0.379 e. The molecular formula is C15H24O4S. The molecule has 0 spiro atoms. The molecule has 4 nitrogen and oxygen atoms in total. The highest BCUT2D eigenvalue weighted by Crippen LogP contribution is 2.18. The Morgan fingerprint density at radius 1 is 0.800 bits per heavy atom. The van der Waals surface area contributed by atoms with Gasteiger partial charge in [0.25, 0.3) is 0 Å². The maximum atomic E-state index is 5.45. The molecule has 114 valence electrons. The minimum absolute atomic E-state index is 0.567. The van der Waals surface area contributed by atoms with Crippen molar-refractivity contribution in [1.29, 1.82) is 0 Å². The van der Waals surface area contributed by atoms with Crippen LogP contribution in [-0.4, -0.2) is 46.2 Å². The second kappa shape index (κ2) is 12.2. The molecule has 0 aliphatic rings.